The molecule has 0 radical (unpaired) electrons. The van der Waals surface area contributed by atoms with Crippen LogP contribution in [0.1, 0.15) is 24.4 Å². The minimum Gasteiger partial charge on any atom is -0.333 e. The average molecular weight is 270 g/mol. The summed E-state index contributed by atoms with van der Waals surface area (Å²) in [6, 6.07) is 11.1. The van der Waals surface area contributed by atoms with E-state index in [1.165, 1.54) is 11.4 Å². The molecule has 1 aliphatic heterocycles. The topological polar surface area (TPSA) is 33.1 Å². The first-order chi connectivity index (χ1) is 9.86. The lowest BCUT2D eigenvalue weighted by Crippen LogP contribution is -2.39. The van der Waals surface area contributed by atoms with E-state index in [0.29, 0.717) is 6.04 Å². The number of nitrogens with zero attached hydrogens (tertiary/aromatic N) is 3. The van der Waals surface area contributed by atoms with Crippen LogP contribution in [-0.4, -0.2) is 34.1 Å². The van der Waals surface area contributed by atoms with E-state index >= 15 is 0 Å². The van der Waals surface area contributed by atoms with Crippen LogP contribution in [0.2, 0.25) is 0 Å². The number of fused-ring (bicyclic) bond motifs is 1. The number of imidazole rings is 1. The zero-order valence-electron chi connectivity index (χ0n) is 12.0. The van der Waals surface area contributed by atoms with Gasteiger partial charge in [0, 0.05) is 38.1 Å². The lowest BCUT2D eigenvalue weighted by atomic mass is 10.1. The molecule has 4 heteroatoms. The van der Waals surface area contributed by atoms with Crippen LogP contribution in [0.5, 0.6) is 0 Å². The fourth-order valence-corrected chi connectivity index (χ4v) is 2.86. The third kappa shape index (κ3) is 2.92. The molecule has 1 aromatic carbocycles. The summed E-state index contributed by atoms with van der Waals surface area (Å²) in [6.07, 6.45) is 3.98. The maximum Gasteiger partial charge on any atom is 0.122 e. The van der Waals surface area contributed by atoms with Crippen LogP contribution < -0.4 is 5.32 Å². The van der Waals surface area contributed by atoms with Gasteiger partial charge in [0.25, 0.3) is 0 Å². The minimum atomic E-state index is 0.391. The van der Waals surface area contributed by atoms with Gasteiger partial charge in [0.05, 0.1) is 6.54 Å². The summed E-state index contributed by atoms with van der Waals surface area (Å²) in [6.45, 7) is 7.27. The third-order valence-corrected chi connectivity index (χ3v) is 3.92. The maximum absolute atomic E-state index is 4.43. The van der Waals surface area contributed by atoms with Gasteiger partial charge in [-0.3, -0.25) is 4.90 Å². The number of aromatic nitrogens is 2. The highest BCUT2D eigenvalue weighted by atomic mass is 15.2. The highest BCUT2D eigenvalue weighted by Crippen LogP contribution is 2.17. The number of hydrogen-bond donors (Lipinski definition) is 1. The highest BCUT2D eigenvalue weighted by Gasteiger charge is 2.20. The molecule has 1 aromatic heterocycles. The quantitative estimate of drug-likeness (QED) is 0.902. The van der Waals surface area contributed by atoms with Crippen LogP contribution in [0.4, 0.5) is 0 Å². The molecular formula is C16H22N4. The van der Waals surface area contributed by atoms with Gasteiger partial charge in [-0.1, -0.05) is 37.3 Å². The summed E-state index contributed by atoms with van der Waals surface area (Å²) >= 11 is 0. The summed E-state index contributed by atoms with van der Waals surface area (Å²) in [5.41, 5.74) is 1.36. The average Bonchev–Trinajstić information content (AvgIpc) is 2.95. The predicted octanol–water partition coefficient (Wildman–Crippen LogP) is 2.05. The second-order valence-corrected chi connectivity index (χ2v) is 5.29. The van der Waals surface area contributed by atoms with E-state index < -0.39 is 0 Å². The molecule has 1 unspecified atom stereocenters. The van der Waals surface area contributed by atoms with Gasteiger partial charge in [0.1, 0.15) is 5.82 Å². The van der Waals surface area contributed by atoms with Crippen molar-refractivity contribution in [3.05, 3.63) is 54.1 Å². The molecule has 0 saturated carbocycles. The number of hydrogen-bond acceptors (Lipinski definition) is 3. The Morgan fingerprint density at radius 2 is 2.10 bits per heavy atom. The van der Waals surface area contributed by atoms with Crippen LogP contribution in [0.25, 0.3) is 0 Å². The van der Waals surface area contributed by atoms with Crippen molar-refractivity contribution in [1.82, 2.24) is 19.8 Å². The first kappa shape index (κ1) is 13.3. The molecule has 0 spiro atoms. The minimum absolute atomic E-state index is 0.391. The van der Waals surface area contributed by atoms with Crippen LogP contribution in [0.15, 0.2) is 42.7 Å². The first-order valence-corrected chi connectivity index (χ1v) is 7.37. The molecule has 20 heavy (non-hydrogen) atoms. The monoisotopic (exact) mass is 270 g/mol. The molecular weight excluding hydrogens is 248 g/mol. The van der Waals surface area contributed by atoms with Gasteiger partial charge >= 0.3 is 0 Å². The molecule has 0 aliphatic carbocycles. The van der Waals surface area contributed by atoms with Crippen molar-refractivity contribution in [2.75, 3.05) is 19.6 Å². The van der Waals surface area contributed by atoms with Gasteiger partial charge in [0.2, 0.25) is 0 Å². The number of rotatable bonds is 5. The summed E-state index contributed by atoms with van der Waals surface area (Å²) in [5.74, 6) is 1.18. The molecule has 1 aliphatic rings. The molecule has 1 N–H and O–H groups in total. The van der Waals surface area contributed by atoms with Crippen molar-refractivity contribution in [3.8, 4) is 0 Å². The molecule has 1 atom stereocenters. The second kappa shape index (κ2) is 6.20. The standard InChI is InChI=1S/C16H22N4/c1-2-17-15(14-6-4-3-5-7-14)12-19-10-11-20-9-8-18-16(20)13-19/h3-9,15,17H,2,10-13H2,1H3. The SMILES string of the molecule is CCNC(CN1CCn2ccnc2C1)c1ccccc1. The summed E-state index contributed by atoms with van der Waals surface area (Å²) < 4.78 is 2.25. The fourth-order valence-electron chi connectivity index (χ4n) is 2.86. The van der Waals surface area contributed by atoms with Gasteiger partial charge in [0.15, 0.2) is 0 Å². The van der Waals surface area contributed by atoms with E-state index in [4.69, 9.17) is 0 Å². The Morgan fingerprint density at radius 3 is 2.90 bits per heavy atom. The molecule has 2 aromatic rings. The van der Waals surface area contributed by atoms with Gasteiger partial charge in [-0.2, -0.15) is 0 Å². The summed E-state index contributed by atoms with van der Waals surface area (Å²) in [4.78, 5) is 6.92. The van der Waals surface area contributed by atoms with E-state index in [1.54, 1.807) is 0 Å². The van der Waals surface area contributed by atoms with E-state index in [1.807, 2.05) is 6.20 Å². The van der Waals surface area contributed by atoms with Crippen LogP contribution in [-0.2, 0) is 13.1 Å². The van der Waals surface area contributed by atoms with Crippen molar-refractivity contribution in [2.24, 2.45) is 0 Å². The van der Waals surface area contributed by atoms with Crippen LogP contribution in [0, 0.1) is 0 Å². The van der Waals surface area contributed by atoms with Crippen LogP contribution in [0.3, 0.4) is 0 Å². The van der Waals surface area contributed by atoms with E-state index in [-0.39, 0.29) is 0 Å². The van der Waals surface area contributed by atoms with Gasteiger partial charge < -0.3 is 9.88 Å². The van der Waals surface area contributed by atoms with Crippen LogP contribution >= 0.6 is 0 Å². The number of likely N-dealkylation sites (N-methyl/N-ethyl adjacent to an activating group) is 1. The zero-order valence-corrected chi connectivity index (χ0v) is 12.0. The van der Waals surface area contributed by atoms with Crippen molar-refractivity contribution in [2.45, 2.75) is 26.1 Å². The van der Waals surface area contributed by atoms with Crippen molar-refractivity contribution in [3.63, 3.8) is 0 Å². The van der Waals surface area contributed by atoms with E-state index in [2.05, 4.69) is 63.2 Å². The predicted molar refractivity (Wildman–Crippen MR) is 80.4 cm³/mol. The van der Waals surface area contributed by atoms with E-state index in [9.17, 15) is 0 Å². The van der Waals surface area contributed by atoms with E-state index in [0.717, 1.165) is 32.7 Å². The van der Waals surface area contributed by atoms with Gasteiger partial charge in [-0.25, -0.2) is 4.98 Å². The smallest absolute Gasteiger partial charge is 0.122 e. The highest BCUT2D eigenvalue weighted by molar-refractivity contribution is 5.19. The largest absolute Gasteiger partial charge is 0.333 e. The summed E-state index contributed by atoms with van der Waals surface area (Å²) in [5, 5.41) is 3.60. The Hall–Kier alpha value is -1.65. The molecule has 0 fully saturated rings. The number of nitrogens with one attached hydrogen (secondary N) is 1. The molecule has 0 amide bonds. The molecule has 0 saturated heterocycles. The molecule has 106 valence electrons. The normalized spacial score (nSPS) is 16.9. The molecule has 2 heterocycles. The zero-order chi connectivity index (χ0) is 13.8. The van der Waals surface area contributed by atoms with Crippen molar-refractivity contribution in [1.29, 1.82) is 0 Å². The Labute approximate surface area is 120 Å². The Kier molecular flexibility index (Phi) is 4.14. The first-order valence-electron chi connectivity index (χ1n) is 7.37. The Morgan fingerprint density at radius 1 is 1.25 bits per heavy atom. The summed E-state index contributed by atoms with van der Waals surface area (Å²) in [7, 11) is 0. The van der Waals surface area contributed by atoms with Crippen molar-refractivity contribution < 1.29 is 0 Å². The number of benzene rings is 1. The fraction of sp³-hybridized carbons (Fsp3) is 0.438. The second-order valence-electron chi connectivity index (χ2n) is 5.29. The molecule has 3 rings (SSSR count). The third-order valence-electron chi connectivity index (χ3n) is 3.92. The lowest BCUT2D eigenvalue weighted by Gasteiger charge is -2.31. The van der Waals surface area contributed by atoms with Gasteiger partial charge in [-0.05, 0) is 12.1 Å². The lowest BCUT2D eigenvalue weighted by molar-refractivity contribution is 0.195. The molecule has 4 nitrogen and oxygen atoms in total. The Balaban J connectivity index is 1.69. The van der Waals surface area contributed by atoms with Crippen molar-refractivity contribution >= 4 is 0 Å². The van der Waals surface area contributed by atoms with Gasteiger partial charge in [-0.15, -0.1) is 0 Å². The molecule has 0 bridgehead atoms. The maximum atomic E-state index is 4.43. The Bertz CT molecular complexity index is 534.